The van der Waals surface area contributed by atoms with Crippen LogP contribution in [0.1, 0.15) is 42.1 Å². The molecule has 1 aliphatic rings. The van der Waals surface area contributed by atoms with Gasteiger partial charge in [0.05, 0.1) is 5.56 Å². The normalized spacial score (nSPS) is 15.4. The van der Waals surface area contributed by atoms with Crippen LogP contribution in [-0.4, -0.2) is 36.5 Å². The van der Waals surface area contributed by atoms with Crippen molar-refractivity contribution in [1.29, 1.82) is 0 Å². The second kappa shape index (κ2) is 8.96. The third-order valence-electron chi connectivity index (χ3n) is 3.83. The van der Waals surface area contributed by atoms with Crippen molar-refractivity contribution in [3.8, 4) is 0 Å². The van der Waals surface area contributed by atoms with E-state index < -0.39 is 0 Å². The molecule has 118 valence electrons. The zero-order valence-electron chi connectivity index (χ0n) is 12.7. The summed E-state index contributed by atoms with van der Waals surface area (Å²) in [4.78, 5) is 15.0. The van der Waals surface area contributed by atoms with Gasteiger partial charge in [-0.25, -0.2) is 0 Å². The Balaban J connectivity index is 0.00000220. The van der Waals surface area contributed by atoms with Crippen molar-refractivity contribution in [3.05, 3.63) is 32.9 Å². The summed E-state index contributed by atoms with van der Waals surface area (Å²) >= 11 is 2.27. The predicted octanol–water partition coefficient (Wildman–Crippen LogP) is 3.63. The second-order valence-electron chi connectivity index (χ2n) is 5.46. The fraction of sp³-hybridized carbons (Fsp3) is 0.562. The lowest BCUT2D eigenvalue weighted by Crippen LogP contribution is -2.46. The Hall–Kier alpha value is -0.330. The maximum absolute atomic E-state index is 12.9. The van der Waals surface area contributed by atoms with Crippen LogP contribution in [0.2, 0.25) is 0 Å². The molecular formula is C16H24ClIN2O. The summed E-state index contributed by atoms with van der Waals surface area (Å²) in [6.07, 6.45) is 3.14. The Morgan fingerprint density at radius 2 is 2.05 bits per heavy atom. The van der Waals surface area contributed by atoms with Crippen LogP contribution in [0.5, 0.6) is 0 Å². The molecule has 0 aromatic heterocycles. The van der Waals surface area contributed by atoms with E-state index in [-0.39, 0.29) is 18.3 Å². The molecule has 1 aliphatic heterocycles. The summed E-state index contributed by atoms with van der Waals surface area (Å²) < 4.78 is 1.05. The highest BCUT2D eigenvalue weighted by Gasteiger charge is 2.26. The molecule has 0 atom stereocenters. The second-order valence-corrected chi connectivity index (χ2v) is 6.63. The summed E-state index contributed by atoms with van der Waals surface area (Å²) in [5.74, 6) is 0.201. The molecule has 1 amide bonds. The molecule has 1 N–H and O–H groups in total. The van der Waals surface area contributed by atoms with Crippen molar-refractivity contribution in [3.63, 3.8) is 0 Å². The van der Waals surface area contributed by atoms with Gasteiger partial charge >= 0.3 is 0 Å². The molecule has 2 rings (SSSR count). The van der Waals surface area contributed by atoms with Crippen LogP contribution in [-0.2, 0) is 0 Å². The number of hydrogen-bond acceptors (Lipinski definition) is 2. The maximum Gasteiger partial charge on any atom is 0.255 e. The Morgan fingerprint density at radius 3 is 2.67 bits per heavy atom. The van der Waals surface area contributed by atoms with Crippen molar-refractivity contribution in [2.75, 3.05) is 19.6 Å². The minimum Gasteiger partial charge on any atom is -0.336 e. The summed E-state index contributed by atoms with van der Waals surface area (Å²) in [5.41, 5.74) is 2.01. The Morgan fingerprint density at radius 1 is 1.38 bits per heavy atom. The average molecular weight is 423 g/mol. The van der Waals surface area contributed by atoms with Crippen LogP contribution in [0.4, 0.5) is 0 Å². The van der Waals surface area contributed by atoms with E-state index in [2.05, 4.69) is 45.8 Å². The third-order valence-corrected chi connectivity index (χ3v) is 4.77. The van der Waals surface area contributed by atoms with E-state index in [0.29, 0.717) is 6.04 Å². The number of carbonyl (C=O) groups excluding carboxylic acids is 1. The van der Waals surface area contributed by atoms with Gasteiger partial charge in [-0.2, -0.15) is 0 Å². The Bertz CT molecular complexity index is 475. The van der Waals surface area contributed by atoms with Gasteiger partial charge in [0.15, 0.2) is 0 Å². The molecule has 0 spiro atoms. The predicted molar refractivity (Wildman–Crippen MR) is 98.4 cm³/mol. The largest absolute Gasteiger partial charge is 0.336 e. The fourth-order valence-corrected chi connectivity index (χ4v) is 3.33. The van der Waals surface area contributed by atoms with Crippen molar-refractivity contribution >= 4 is 40.9 Å². The van der Waals surface area contributed by atoms with E-state index in [0.717, 1.165) is 53.6 Å². The van der Waals surface area contributed by atoms with Crippen molar-refractivity contribution in [2.24, 2.45) is 0 Å². The SMILES string of the molecule is CCCN(C(=O)c1cc(C)ccc1I)C1CCNCC1.Cl. The first-order chi connectivity index (χ1) is 9.63. The number of piperidine rings is 1. The smallest absolute Gasteiger partial charge is 0.255 e. The van der Waals surface area contributed by atoms with Gasteiger partial charge in [-0.05, 0) is 74.0 Å². The molecule has 1 saturated heterocycles. The van der Waals surface area contributed by atoms with Gasteiger partial charge in [0, 0.05) is 16.2 Å². The lowest BCUT2D eigenvalue weighted by molar-refractivity contribution is 0.0641. The lowest BCUT2D eigenvalue weighted by atomic mass is 10.0. The number of benzene rings is 1. The average Bonchev–Trinajstić information content (AvgIpc) is 2.47. The minimum atomic E-state index is 0. The van der Waals surface area contributed by atoms with E-state index in [4.69, 9.17) is 0 Å². The molecule has 0 unspecified atom stereocenters. The zero-order chi connectivity index (χ0) is 14.5. The molecule has 5 heteroatoms. The topological polar surface area (TPSA) is 32.3 Å². The summed E-state index contributed by atoms with van der Waals surface area (Å²) in [5, 5.41) is 3.37. The van der Waals surface area contributed by atoms with E-state index in [1.165, 1.54) is 0 Å². The molecule has 0 saturated carbocycles. The number of amides is 1. The number of rotatable bonds is 4. The molecular weight excluding hydrogens is 399 g/mol. The Labute approximate surface area is 147 Å². The third kappa shape index (κ3) is 4.83. The summed E-state index contributed by atoms with van der Waals surface area (Å²) in [6, 6.07) is 6.51. The molecule has 3 nitrogen and oxygen atoms in total. The van der Waals surface area contributed by atoms with Gasteiger partial charge in [-0.3, -0.25) is 4.79 Å². The Kier molecular flexibility index (Phi) is 7.98. The van der Waals surface area contributed by atoms with Crippen molar-refractivity contribution < 1.29 is 4.79 Å². The molecule has 1 heterocycles. The first-order valence-corrected chi connectivity index (χ1v) is 8.49. The fourth-order valence-electron chi connectivity index (χ4n) is 2.77. The van der Waals surface area contributed by atoms with Gasteiger partial charge in [0.25, 0.3) is 5.91 Å². The zero-order valence-corrected chi connectivity index (χ0v) is 15.7. The van der Waals surface area contributed by atoms with E-state index in [1.807, 2.05) is 19.1 Å². The molecule has 0 bridgehead atoms. The number of nitrogens with one attached hydrogen (secondary N) is 1. The standard InChI is InChI=1S/C16H23IN2O.ClH/c1-3-10-19(13-6-8-18-9-7-13)16(20)14-11-12(2)4-5-15(14)17;/h4-5,11,13,18H,3,6-10H2,1-2H3;1H. The highest BCUT2D eigenvalue weighted by molar-refractivity contribution is 14.1. The van der Waals surface area contributed by atoms with Crippen LogP contribution in [0, 0.1) is 10.5 Å². The maximum atomic E-state index is 12.9. The number of nitrogens with zero attached hydrogens (tertiary/aromatic N) is 1. The lowest BCUT2D eigenvalue weighted by Gasteiger charge is -2.35. The van der Waals surface area contributed by atoms with Crippen LogP contribution in [0.15, 0.2) is 18.2 Å². The van der Waals surface area contributed by atoms with Gasteiger partial charge in [0.2, 0.25) is 0 Å². The van der Waals surface area contributed by atoms with Crippen molar-refractivity contribution in [2.45, 2.75) is 39.2 Å². The minimum absolute atomic E-state index is 0. The van der Waals surface area contributed by atoms with E-state index in [9.17, 15) is 4.79 Å². The van der Waals surface area contributed by atoms with Crippen LogP contribution >= 0.6 is 35.0 Å². The molecule has 0 radical (unpaired) electrons. The summed E-state index contributed by atoms with van der Waals surface area (Å²) in [7, 11) is 0. The molecule has 0 aliphatic carbocycles. The number of aryl methyl sites for hydroxylation is 1. The number of halogens is 2. The highest BCUT2D eigenvalue weighted by Crippen LogP contribution is 2.20. The van der Waals surface area contributed by atoms with Gasteiger partial charge in [-0.15, -0.1) is 12.4 Å². The van der Waals surface area contributed by atoms with Crippen LogP contribution in [0.25, 0.3) is 0 Å². The first-order valence-electron chi connectivity index (χ1n) is 7.41. The van der Waals surface area contributed by atoms with Crippen LogP contribution in [0.3, 0.4) is 0 Å². The van der Waals surface area contributed by atoms with E-state index in [1.54, 1.807) is 0 Å². The summed E-state index contributed by atoms with van der Waals surface area (Å²) in [6.45, 7) is 7.07. The number of hydrogen-bond donors (Lipinski definition) is 1. The highest BCUT2D eigenvalue weighted by atomic mass is 127. The first kappa shape index (κ1) is 18.7. The number of carbonyl (C=O) groups is 1. The monoisotopic (exact) mass is 422 g/mol. The molecule has 1 aromatic carbocycles. The van der Waals surface area contributed by atoms with Gasteiger partial charge in [0.1, 0.15) is 0 Å². The molecule has 1 fully saturated rings. The molecule has 1 aromatic rings. The molecule has 21 heavy (non-hydrogen) atoms. The van der Waals surface area contributed by atoms with E-state index >= 15 is 0 Å². The van der Waals surface area contributed by atoms with Gasteiger partial charge in [-0.1, -0.05) is 18.6 Å². The van der Waals surface area contributed by atoms with Crippen molar-refractivity contribution in [1.82, 2.24) is 10.2 Å². The van der Waals surface area contributed by atoms with Gasteiger partial charge < -0.3 is 10.2 Å². The van der Waals surface area contributed by atoms with Crippen LogP contribution < -0.4 is 5.32 Å². The quantitative estimate of drug-likeness (QED) is 0.752.